The van der Waals surface area contributed by atoms with Crippen LogP contribution in [0, 0.1) is 11.3 Å². The second-order valence-electron chi connectivity index (χ2n) is 7.58. The molecule has 3 rings (SSSR count). The molecule has 0 aliphatic carbocycles. The van der Waals surface area contributed by atoms with Gasteiger partial charge in [0.15, 0.2) is 0 Å². The first kappa shape index (κ1) is 19.6. The van der Waals surface area contributed by atoms with E-state index in [4.69, 9.17) is 14.2 Å². The zero-order valence-corrected chi connectivity index (χ0v) is 16.8. The van der Waals surface area contributed by atoms with Crippen molar-refractivity contribution in [1.82, 2.24) is 0 Å². The van der Waals surface area contributed by atoms with Gasteiger partial charge in [0.25, 0.3) is 0 Å². The van der Waals surface area contributed by atoms with Crippen LogP contribution in [0.4, 0.5) is 0 Å². The van der Waals surface area contributed by atoms with Crippen molar-refractivity contribution in [3.8, 4) is 23.3 Å². The fourth-order valence-electron chi connectivity index (χ4n) is 3.14. The average Bonchev–Trinajstić information content (AvgIpc) is 2.70. The molecule has 0 N–H and O–H groups in total. The third-order valence-corrected chi connectivity index (χ3v) is 4.60. The van der Waals surface area contributed by atoms with E-state index in [0.29, 0.717) is 24.5 Å². The summed E-state index contributed by atoms with van der Waals surface area (Å²) in [6.45, 7) is 7.15. The molecule has 144 valence electrons. The van der Waals surface area contributed by atoms with Crippen LogP contribution < -0.4 is 14.2 Å². The Balaban J connectivity index is 1.70. The van der Waals surface area contributed by atoms with E-state index in [0.717, 1.165) is 27.8 Å². The summed E-state index contributed by atoms with van der Waals surface area (Å²) in [5.74, 6) is 2.20. The molecule has 0 saturated heterocycles. The van der Waals surface area contributed by atoms with Crippen LogP contribution in [0.3, 0.4) is 0 Å². The highest BCUT2D eigenvalue weighted by atomic mass is 16.5. The maximum atomic E-state index is 9.55. The van der Waals surface area contributed by atoms with Gasteiger partial charge in [-0.1, -0.05) is 51.1 Å². The zero-order valence-electron chi connectivity index (χ0n) is 16.8. The number of rotatable bonds is 6. The highest BCUT2D eigenvalue weighted by molar-refractivity contribution is 5.90. The number of ether oxygens (including phenoxy) is 3. The SMILES string of the molecule is COc1ccc(OCCOc2ccc3ccccc3c2C#N)c(C(C)(C)C)c1. The van der Waals surface area contributed by atoms with Crippen molar-refractivity contribution in [2.75, 3.05) is 20.3 Å². The minimum atomic E-state index is -0.0724. The van der Waals surface area contributed by atoms with E-state index in [-0.39, 0.29) is 5.41 Å². The first-order valence-electron chi connectivity index (χ1n) is 9.30. The van der Waals surface area contributed by atoms with Gasteiger partial charge in [-0.2, -0.15) is 5.26 Å². The van der Waals surface area contributed by atoms with Gasteiger partial charge in [0, 0.05) is 10.9 Å². The lowest BCUT2D eigenvalue weighted by Crippen LogP contribution is -2.16. The van der Waals surface area contributed by atoms with Crippen molar-refractivity contribution in [3.63, 3.8) is 0 Å². The summed E-state index contributed by atoms with van der Waals surface area (Å²) in [4.78, 5) is 0. The molecule has 28 heavy (non-hydrogen) atoms. The first-order valence-corrected chi connectivity index (χ1v) is 9.30. The number of methoxy groups -OCH3 is 1. The standard InChI is InChI=1S/C24H25NO3/c1-24(2,3)21-15-18(26-4)10-12-23(21)28-14-13-27-22-11-9-17-7-5-6-8-19(17)20(22)16-25/h5-12,15H,13-14H2,1-4H3. The Kier molecular flexibility index (Phi) is 5.75. The molecule has 0 aromatic heterocycles. The molecule has 0 aliphatic heterocycles. The molecular weight excluding hydrogens is 350 g/mol. The van der Waals surface area contributed by atoms with Crippen molar-refractivity contribution in [2.45, 2.75) is 26.2 Å². The third-order valence-electron chi connectivity index (χ3n) is 4.60. The van der Waals surface area contributed by atoms with E-state index in [1.54, 1.807) is 7.11 Å². The minimum Gasteiger partial charge on any atom is -0.497 e. The summed E-state index contributed by atoms with van der Waals surface area (Å²) in [5, 5.41) is 11.5. The molecule has 0 radical (unpaired) electrons. The summed E-state index contributed by atoms with van der Waals surface area (Å²) in [7, 11) is 1.66. The molecule has 0 aliphatic rings. The fourth-order valence-corrected chi connectivity index (χ4v) is 3.14. The molecule has 0 unspecified atom stereocenters. The Morgan fingerprint density at radius 2 is 1.57 bits per heavy atom. The molecule has 3 aromatic carbocycles. The Morgan fingerprint density at radius 1 is 0.893 bits per heavy atom. The van der Waals surface area contributed by atoms with Gasteiger partial charge < -0.3 is 14.2 Å². The first-order chi connectivity index (χ1) is 13.4. The van der Waals surface area contributed by atoms with Crippen LogP contribution >= 0.6 is 0 Å². The number of nitrogens with zero attached hydrogens (tertiary/aromatic N) is 1. The normalized spacial score (nSPS) is 11.1. The molecule has 3 aromatic rings. The quantitative estimate of drug-likeness (QED) is 0.536. The lowest BCUT2D eigenvalue weighted by molar-refractivity contribution is 0.214. The Hall–Kier alpha value is -3.19. The molecule has 4 heteroatoms. The van der Waals surface area contributed by atoms with E-state index in [9.17, 15) is 5.26 Å². The van der Waals surface area contributed by atoms with Crippen LogP contribution in [0.25, 0.3) is 10.8 Å². The van der Waals surface area contributed by atoms with Crippen molar-refractivity contribution < 1.29 is 14.2 Å². The Bertz CT molecular complexity index is 1010. The molecule has 0 bridgehead atoms. The topological polar surface area (TPSA) is 51.5 Å². The Labute approximate surface area is 166 Å². The number of hydrogen-bond acceptors (Lipinski definition) is 4. The lowest BCUT2D eigenvalue weighted by atomic mass is 9.86. The van der Waals surface area contributed by atoms with Crippen LogP contribution in [0.15, 0.2) is 54.6 Å². The molecular formula is C24H25NO3. The predicted molar refractivity (Wildman–Crippen MR) is 111 cm³/mol. The summed E-state index contributed by atoms with van der Waals surface area (Å²) < 4.78 is 17.2. The van der Waals surface area contributed by atoms with E-state index in [1.165, 1.54) is 0 Å². The van der Waals surface area contributed by atoms with E-state index in [1.807, 2.05) is 54.6 Å². The molecule has 0 amide bonds. The summed E-state index contributed by atoms with van der Waals surface area (Å²) in [6, 6.07) is 19.7. The Morgan fingerprint density at radius 3 is 2.25 bits per heavy atom. The van der Waals surface area contributed by atoms with Gasteiger partial charge in [0.05, 0.1) is 7.11 Å². The predicted octanol–water partition coefficient (Wildman–Crippen LogP) is 5.48. The highest BCUT2D eigenvalue weighted by Crippen LogP contribution is 2.34. The van der Waals surface area contributed by atoms with E-state index >= 15 is 0 Å². The number of hydrogen-bond donors (Lipinski definition) is 0. The van der Waals surface area contributed by atoms with Crippen molar-refractivity contribution in [1.29, 1.82) is 5.26 Å². The van der Waals surface area contributed by atoms with Gasteiger partial charge in [-0.25, -0.2) is 0 Å². The lowest BCUT2D eigenvalue weighted by Gasteiger charge is -2.23. The zero-order chi connectivity index (χ0) is 20.1. The van der Waals surface area contributed by atoms with Crippen molar-refractivity contribution in [3.05, 3.63) is 65.7 Å². The summed E-state index contributed by atoms with van der Waals surface area (Å²) >= 11 is 0. The molecule has 0 atom stereocenters. The smallest absolute Gasteiger partial charge is 0.137 e. The van der Waals surface area contributed by atoms with E-state index in [2.05, 4.69) is 26.8 Å². The maximum absolute atomic E-state index is 9.55. The van der Waals surface area contributed by atoms with Crippen molar-refractivity contribution in [2.24, 2.45) is 0 Å². The molecule has 0 saturated carbocycles. The van der Waals surface area contributed by atoms with Gasteiger partial charge in [-0.15, -0.1) is 0 Å². The van der Waals surface area contributed by atoms with Gasteiger partial charge in [-0.05, 0) is 35.1 Å². The summed E-state index contributed by atoms with van der Waals surface area (Å²) in [6.07, 6.45) is 0. The van der Waals surface area contributed by atoms with Gasteiger partial charge in [-0.3, -0.25) is 0 Å². The molecule has 0 heterocycles. The van der Waals surface area contributed by atoms with E-state index < -0.39 is 0 Å². The van der Waals surface area contributed by atoms with Crippen LogP contribution in [0.2, 0.25) is 0 Å². The highest BCUT2D eigenvalue weighted by Gasteiger charge is 2.20. The van der Waals surface area contributed by atoms with Crippen LogP contribution in [-0.4, -0.2) is 20.3 Å². The van der Waals surface area contributed by atoms with Gasteiger partial charge in [0.1, 0.15) is 42.1 Å². The number of benzene rings is 3. The van der Waals surface area contributed by atoms with Crippen LogP contribution in [0.1, 0.15) is 31.9 Å². The second kappa shape index (κ2) is 8.22. The molecule has 0 spiro atoms. The monoisotopic (exact) mass is 375 g/mol. The minimum absolute atomic E-state index is 0.0724. The van der Waals surface area contributed by atoms with Crippen LogP contribution in [-0.2, 0) is 5.41 Å². The van der Waals surface area contributed by atoms with Crippen LogP contribution in [0.5, 0.6) is 17.2 Å². The fraction of sp³-hybridized carbons (Fsp3) is 0.292. The summed E-state index contributed by atoms with van der Waals surface area (Å²) in [5.41, 5.74) is 1.56. The molecule has 4 nitrogen and oxygen atoms in total. The van der Waals surface area contributed by atoms with Gasteiger partial charge >= 0.3 is 0 Å². The van der Waals surface area contributed by atoms with Gasteiger partial charge in [0.2, 0.25) is 0 Å². The largest absolute Gasteiger partial charge is 0.497 e. The number of fused-ring (bicyclic) bond motifs is 1. The molecule has 0 fully saturated rings. The third kappa shape index (κ3) is 4.20. The average molecular weight is 375 g/mol. The number of nitriles is 1. The maximum Gasteiger partial charge on any atom is 0.137 e. The van der Waals surface area contributed by atoms with Crippen molar-refractivity contribution >= 4 is 10.8 Å². The second-order valence-corrected chi connectivity index (χ2v) is 7.58.